The maximum Gasteiger partial charge on any atom is 0.0558 e. The summed E-state index contributed by atoms with van der Waals surface area (Å²) in [7, 11) is 0. The molecule has 0 saturated heterocycles. The Balaban J connectivity index is 2.27. The van der Waals surface area contributed by atoms with Crippen molar-refractivity contribution in [1.29, 1.82) is 0 Å². The molecule has 0 aromatic heterocycles. The third-order valence-electron chi connectivity index (χ3n) is 3.32. The highest BCUT2D eigenvalue weighted by atomic mass is 16.3. The summed E-state index contributed by atoms with van der Waals surface area (Å²) in [6.45, 7) is 2.87. The number of nitrogens with zero attached hydrogens (tertiary/aromatic N) is 1. The molecule has 1 aliphatic carbocycles. The average Bonchev–Trinajstić information content (AvgIpc) is 2.47. The minimum absolute atomic E-state index is 0.201. The molecule has 1 saturated carbocycles. The molecule has 0 aliphatic heterocycles. The summed E-state index contributed by atoms with van der Waals surface area (Å²) in [5, 5.41) is 17.9. The predicted molar refractivity (Wildman–Crippen MR) is 61.8 cm³/mol. The van der Waals surface area contributed by atoms with Crippen molar-refractivity contribution in [3.63, 3.8) is 0 Å². The van der Waals surface area contributed by atoms with Gasteiger partial charge in [0.25, 0.3) is 0 Å². The van der Waals surface area contributed by atoms with Gasteiger partial charge in [0.1, 0.15) is 0 Å². The summed E-state index contributed by atoms with van der Waals surface area (Å²) in [5.74, 6) is 0.783. The van der Waals surface area contributed by atoms with Crippen molar-refractivity contribution in [3.05, 3.63) is 0 Å². The van der Waals surface area contributed by atoms with Gasteiger partial charge in [-0.3, -0.25) is 4.90 Å². The fourth-order valence-electron chi connectivity index (χ4n) is 2.49. The molecule has 15 heavy (non-hydrogen) atoms. The Morgan fingerprint density at radius 1 is 0.867 bits per heavy atom. The Hall–Kier alpha value is -0.120. The number of rotatable bonds is 6. The van der Waals surface area contributed by atoms with E-state index >= 15 is 0 Å². The lowest BCUT2D eigenvalue weighted by molar-refractivity contribution is 0.140. The molecule has 0 radical (unpaired) electrons. The molecule has 0 heterocycles. The van der Waals surface area contributed by atoms with Gasteiger partial charge in [0, 0.05) is 19.6 Å². The summed E-state index contributed by atoms with van der Waals surface area (Å²) in [4.78, 5) is 2.19. The first-order valence-corrected chi connectivity index (χ1v) is 6.31. The first-order chi connectivity index (χ1) is 7.36. The fourth-order valence-corrected chi connectivity index (χ4v) is 2.49. The van der Waals surface area contributed by atoms with Gasteiger partial charge in [0.2, 0.25) is 0 Å². The lowest BCUT2D eigenvalue weighted by atomic mass is 10.00. The van der Waals surface area contributed by atoms with Crippen molar-refractivity contribution in [1.82, 2.24) is 4.90 Å². The molecule has 0 amide bonds. The Morgan fingerprint density at radius 3 is 1.87 bits per heavy atom. The standard InChI is InChI=1S/C12H25NO2/c14-9-7-13(8-10-15)11-12-5-3-1-2-4-6-12/h12,14-15H,1-11H2. The van der Waals surface area contributed by atoms with Crippen LogP contribution in [-0.2, 0) is 0 Å². The third-order valence-corrected chi connectivity index (χ3v) is 3.32. The van der Waals surface area contributed by atoms with Crippen LogP contribution in [0.3, 0.4) is 0 Å². The van der Waals surface area contributed by atoms with Crippen LogP contribution < -0.4 is 0 Å². The van der Waals surface area contributed by atoms with E-state index in [0.29, 0.717) is 13.1 Å². The second-order valence-electron chi connectivity index (χ2n) is 4.61. The molecule has 0 aromatic rings. The van der Waals surface area contributed by atoms with Crippen LogP contribution in [0.4, 0.5) is 0 Å². The van der Waals surface area contributed by atoms with Gasteiger partial charge in [-0.1, -0.05) is 25.7 Å². The van der Waals surface area contributed by atoms with Crippen molar-refractivity contribution < 1.29 is 10.2 Å². The molecule has 2 N–H and O–H groups in total. The zero-order valence-corrected chi connectivity index (χ0v) is 9.70. The molecular formula is C12H25NO2. The number of aliphatic hydroxyl groups excluding tert-OH is 2. The summed E-state index contributed by atoms with van der Waals surface area (Å²) in [5.41, 5.74) is 0. The maximum absolute atomic E-state index is 8.93. The summed E-state index contributed by atoms with van der Waals surface area (Å²) >= 11 is 0. The van der Waals surface area contributed by atoms with Gasteiger partial charge in [-0.15, -0.1) is 0 Å². The molecule has 3 heteroatoms. The van der Waals surface area contributed by atoms with Crippen LogP contribution >= 0.6 is 0 Å². The van der Waals surface area contributed by atoms with E-state index in [4.69, 9.17) is 10.2 Å². The van der Waals surface area contributed by atoms with Gasteiger partial charge >= 0.3 is 0 Å². The molecule has 0 atom stereocenters. The molecule has 1 rings (SSSR count). The number of hydrogen-bond donors (Lipinski definition) is 2. The van der Waals surface area contributed by atoms with Crippen molar-refractivity contribution >= 4 is 0 Å². The Morgan fingerprint density at radius 2 is 1.40 bits per heavy atom. The van der Waals surface area contributed by atoms with E-state index in [9.17, 15) is 0 Å². The Kier molecular flexibility index (Phi) is 6.98. The topological polar surface area (TPSA) is 43.7 Å². The number of hydrogen-bond acceptors (Lipinski definition) is 3. The van der Waals surface area contributed by atoms with Gasteiger partial charge in [-0.25, -0.2) is 0 Å². The largest absolute Gasteiger partial charge is 0.395 e. The van der Waals surface area contributed by atoms with Gasteiger partial charge in [0.15, 0.2) is 0 Å². The van der Waals surface area contributed by atoms with Gasteiger partial charge in [-0.2, -0.15) is 0 Å². The van der Waals surface area contributed by atoms with Gasteiger partial charge in [0.05, 0.1) is 13.2 Å². The summed E-state index contributed by atoms with van der Waals surface area (Å²) < 4.78 is 0. The second kappa shape index (κ2) is 8.08. The SMILES string of the molecule is OCCN(CCO)CC1CCCCCC1. The van der Waals surface area contributed by atoms with E-state index in [-0.39, 0.29) is 13.2 Å². The Labute approximate surface area is 93.1 Å². The van der Waals surface area contributed by atoms with Crippen molar-refractivity contribution in [2.24, 2.45) is 5.92 Å². The monoisotopic (exact) mass is 215 g/mol. The highest BCUT2D eigenvalue weighted by Gasteiger charge is 2.15. The van der Waals surface area contributed by atoms with E-state index in [1.807, 2.05) is 0 Å². The summed E-state index contributed by atoms with van der Waals surface area (Å²) in [6, 6.07) is 0. The summed E-state index contributed by atoms with van der Waals surface area (Å²) in [6.07, 6.45) is 8.14. The maximum atomic E-state index is 8.93. The van der Waals surface area contributed by atoms with Gasteiger partial charge in [-0.05, 0) is 18.8 Å². The highest BCUT2D eigenvalue weighted by Crippen LogP contribution is 2.23. The van der Waals surface area contributed by atoms with E-state index < -0.39 is 0 Å². The first-order valence-electron chi connectivity index (χ1n) is 6.31. The van der Waals surface area contributed by atoms with Crippen LogP contribution in [0.1, 0.15) is 38.5 Å². The van der Waals surface area contributed by atoms with Gasteiger partial charge < -0.3 is 10.2 Å². The van der Waals surface area contributed by atoms with Crippen LogP contribution in [0.15, 0.2) is 0 Å². The molecule has 1 fully saturated rings. The third kappa shape index (κ3) is 5.50. The molecule has 0 bridgehead atoms. The van der Waals surface area contributed by atoms with Crippen LogP contribution in [0.5, 0.6) is 0 Å². The van der Waals surface area contributed by atoms with E-state index in [1.54, 1.807) is 0 Å². The lowest BCUT2D eigenvalue weighted by Gasteiger charge is -2.25. The molecule has 1 aliphatic rings. The average molecular weight is 215 g/mol. The second-order valence-corrected chi connectivity index (χ2v) is 4.61. The van der Waals surface area contributed by atoms with E-state index in [2.05, 4.69) is 4.90 Å². The minimum atomic E-state index is 0.201. The minimum Gasteiger partial charge on any atom is -0.395 e. The first kappa shape index (κ1) is 12.9. The fraction of sp³-hybridized carbons (Fsp3) is 1.00. The lowest BCUT2D eigenvalue weighted by Crippen LogP contribution is -2.34. The zero-order chi connectivity index (χ0) is 10.9. The van der Waals surface area contributed by atoms with E-state index in [1.165, 1.54) is 38.5 Å². The van der Waals surface area contributed by atoms with Crippen LogP contribution in [0, 0.1) is 5.92 Å². The number of aliphatic hydroxyl groups is 2. The predicted octanol–water partition coefficient (Wildman–Crippen LogP) is 1.24. The zero-order valence-electron chi connectivity index (χ0n) is 9.70. The van der Waals surface area contributed by atoms with Crippen molar-refractivity contribution in [2.75, 3.05) is 32.8 Å². The molecule has 90 valence electrons. The highest BCUT2D eigenvalue weighted by molar-refractivity contribution is 4.69. The van der Waals surface area contributed by atoms with Crippen molar-refractivity contribution in [2.45, 2.75) is 38.5 Å². The van der Waals surface area contributed by atoms with E-state index in [0.717, 1.165) is 12.5 Å². The quantitative estimate of drug-likeness (QED) is 0.655. The molecule has 0 aromatic carbocycles. The van der Waals surface area contributed by atoms with Crippen LogP contribution in [0.25, 0.3) is 0 Å². The smallest absolute Gasteiger partial charge is 0.0558 e. The molecule has 0 unspecified atom stereocenters. The normalized spacial score (nSPS) is 19.4. The molecule has 3 nitrogen and oxygen atoms in total. The van der Waals surface area contributed by atoms with Crippen molar-refractivity contribution in [3.8, 4) is 0 Å². The molecular weight excluding hydrogens is 190 g/mol. The Bertz CT molecular complexity index is 139. The van der Waals surface area contributed by atoms with Crippen LogP contribution in [-0.4, -0.2) is 48.0 Å². The van der Waals surface area contributed by atoms with Crippen LogP contribution in [0.2, 0.25) is 0 Å². The molecule has 0 spiro atoms.